The minimum atomic E-state index is -0.482. The molecule has 6 heteroatoms. The summed E-state index contributed by atoms with van der Waals surface area (Å²) in [4.78, 5) is 33.6. The van der Waals surface area contributed by atoms with Gasteiger partial charge in [0.25, 0.3) is 0 Å². The molecule has 1 aromatic rings. The van der Waals surface area contributed by atoms with Crippen LogP contribution < -0.4 is 5.73 Å². The van der Waals surface area contributed by atoms with Gasteiger partial charge in [0, 0.05) is 30.4 Å². The lowest BCUT2D eigenvalue weighted by Gasteiger charge is -2.09. The van der Waals surface area contributed by atoms with Gasteiger partial charge in [0.2, 0.25) is 0 Å². The van der Waals surface area contributed by atoms with E-state index in [0.717, 1.165) is 0 Å². The minimum absolute atomic E-state index is 0.0597. The van der Waals surface area contributed by atoms with Crippen LogP contribution in [0, 0.1) is 11.3 Å². The largest absolute Gasteiger partial charge is 0.466 e. The predicted molar refractivity (Wildman–Crippen MR) is 77.2 cm³/mol. The zero-order valence-electron chi connectivity index (χ0n) is 11.8. The molecule has 0 aliphatic rings. The second-order valence-corrected chi connectivity index (χ2v) is 4.64. The number of carbonyl (C=O) groups excluding carboxylic acids is 3. The molecule has 1 unspecified atom stereocenters. The average Bonchev–Trinajstić information content (AvgIpc) is 2.45. The highest BCUT2D eigenvalue weighted by Crippen LogP contribution is 2.13. The Morgan fingerprint density at radius 1 is 1.29 bits per heavy atom. The van der Waals surface area contributed by atoms with Crippen molar-refractivity contribution in [2.75, 3.05) is 6.61 Å². The van der Waals surface area contributed by atoms with Crippen molar-refractivity contribution >= 4 is 23.9 Å². The van der Waals surface area contributed by atoms with Crippen molar-refractivity contribution in [3.8, 4) is 0 Å². The Hall–Kier alpha value is -2.50. The smallest absolute Gasteiger partial charge is 0.302 e. The Morgan fingerprint density at radius 3 is 2.33 bits per heavy atom. The molecule has 0 saturated carbocycles. The third-order valence-electron chi connectivity index (χ3n) is 2.95. The summed E-state index contributed by atoms with van der Waals surface area (Å²) >= 11 is 0. The van der Waals surface area contributed by atoms with Gasteiger partial charge in [-0.25, -0.2) is 0 Å². The Bertz CT molecular complexity index is 537. The number of benzene rings is 1. The number of carbonyl (C=O) groups is 3. The molecule has 0 saturated heterocycles. The maximum absolute atomic E-state index is 12.0. The first-order valence-electron chi connectivity index (χ1n) is 6.50. The molecule has 0 heterocycles. The van der Waals surface area contributed by atoms with E-state index in [1.54, 1.807) is 24.3 Å². The van der Waals surface area contributed by atoms with Crippen molar-refractivity contribution in [3.05, 3.63) is 35.4 Å². The third kappa shape index (κ3) is 5.56. The van der Waals surface area contributed by atoms with E-state index in [1.165, 1.54) is 6.92 Å². The van der Waals surface area contributed by atoms with Crippen molar-refractivity contribution < 1.29 is 19.1 Å². The van der Waals surface area contributed by atoms with Gasteiger partial charge in [0.1, 0.15) is 12.1 Å². The van der Waals surface area contributed by atoms with Crippen LogP contribution in [0.3, 0.4) is 0 Å². The molecule has 1 atom stereocenters. The van der Waals surface area contributed by atoms with Gasteiger partial charge < -0.3 is 15.3 Å². The lowest BCUT2D eigenvalue weighted by molar-refractivity contribution is -0.141. The van der Waals surface area contributed by atoms with Crippen molar-refractivity contribution in [2.24, 2.45) is 11.7 Å². The van der Waals surface area contributed by atoms with Crippen LogP contribution in [-0.2, 0) is 14.3 Å². The first-order chi connectivity index (χ1) is 9.93. The number of hydrogen-bond acceptors (Lipinski definition) is 5. The fourth-order valence-corrected chi connectivity index (χ4v) is 1.76. The second-order valence-electron chi connectivity index (χ2n) is 4.64. The van der Waals surface area contributed by atoms with Crippen LogP contribution in [0.4, 0.5) is 0 Å². The number of ketones is 1. The van der Waals surface area contributed by atoms with Crippen molar-refractivity contribution in [1.29, 1.82) is 5.41 Å². The normalized spacial score (nSPS) is 11.5. The van der Waals surface area contributed by atoms with Crippen molar-refractivity contribution in [3.63, 3.8) is 0 Å². The van der Waals surface area contributed by atoms with Crippen LogP contribution in [0.5, 0.6) is 0 Å². The third-order valence-corrected chi connectivity index (χ3v) is 2.95. The molecular formula is C15H18N2O4. The molecule has 0 spiro atoms. The molecular weight excluding hydrogens is 272 g/mol. The highest BCUT2D eigenvalue weighted by Gasteiger charge is 2.15. The molecule has 0 aromatic heterocycles. The number of esters is 1. The molecule has 6 nitrogen and oxygen atoms in total. The number of amidine groups is 1. The summed E-state index contributed by atoms with van der Waals surface area (Å²) in [6, 6.07) is 6.33. The number of nitrogens with two attached hydrogens (primary N) is 1. The van der Waals surface area contributed by atoms with Crippen LogP contribution in [-0.4, -0.2) is 30.5 Å². The van der Waals surface area contributed by atoms with Gasteiger partial charge in [0.15, 0.2) is 5.78 Å². The standard InChI is InChI=1S/C15H18N2O4/c1-10(19)21-7-6-11(9-18)8-14(20)12-2-4-13(5-3-12)15(16)17/h2-5,9,11H,6-8H2,1H3,(H3,16,17). The SMILES string of the molecule is CC(=O)OCCC(C=O)CC(=O)c1ccc(C(=N)N)cc1. The maximum Gasteiger partial charge on any atom is 0.302 e. The summed E-state index contributed by atoms with van der Waals surface area (Å²) in [5, 5.41) is 7.27. The number of nitrogens with one attached hydrogen (secondary N) is 1. The zero-order chi connectivity index (χ0) is 15.8. The summed E-state index contributed by atoms with van der Waals surface area (Å²) in [6.45, 7) is 1.41. The molecule has 112 valence electrons. The average molecular weight is 290 g/mol. The van der Waals surface area contributed by atoms with E-state index in [1.807, 2.05) is 0 Å². The van der Waals surface area contributed by atoms with Crippen LogP contribution in [0.15, 0.2) is 24.3 Å². The number of nitrogen functional groups attached to an aromatic ring is 1. The first-order valence-corrected chi connectivity index (χ1v) is 6.50. The van der Waals surface area contributed by atoms with E-state index in [0.29, 0.717) is 23.8 Å². The van der Waals surface area contributed by atoms with Gasteiger partial charge in [-0.3, -0.25) is 15.0 Å². The fraction of sp³-hybridized carbons (Fsp3) is 0.333. The number of rotatable bonds is 8. The van der Waals surface area contributed by atoms with E-state index in [2.05, 4.69) is 0 Å². The zero-order valence-corrected chi connectivity index (χ0v) is 11.8. The Morgan fingerprint density at radius 2 is 1.86 bits per heavy atom. The minimum Gasteiger partial charge on any atom is -0.466 e. The van der Waals surface area contributed by atoms with Crippen molar-refractivity contribution in [2.45, 2.75) is 19.8 Å². The molecule has 1 rings (SSSR count). The lowest BCUT2D eigenvalue weighted by Crippen LogP contribution is -2.14. The molecule has 0 bridgehead atoms. The quantitative estimate of drug-likeness (QED) is 0.246. The fourth-order valence-electron chi connectivity index (χ4n) is 1.76. The van der Waals surface area contributed by atoms with Crippen LogP contribution in [0.25, 0.3) is 0 Å². The maximum atomic E-state index is 12.0. The molecule has 21 heavy (non-hydrogen) atoms. The Labute approximate surface area is 122 Å². The summed E-state index contributed by atoms with van der Waals surface area (Å²) in [7, 11) is 0. The Balaban J connectivity index is 2.59. The van der Waals surface area contributed by atoms with Crippen LogP contribution >= 0.6 is 0 Å². The summed E-state index contributed by atoms with van der Waals surface area (Å²) in [5.74, 6) is -1.14. The number of hydrogen-bond donors (Lipinski definition) is 2. The van der Waals surface area contributed by atoms with Gasteiger partial charge in [-0.05, 0) is 6.42 Å². The molecule has 0 aliphatic carbocycles. The molecule has 0 amide bonds. The van der Waals surface area contributed by atoms with E-state index in [9.17, 15) is 14.4 Å². The van der Waals surface area contributed by atoms with Gasteiger partial charge in [-0.1, -0.05) is 24.3 Å². The second kappa shape index (κ2) is 7.94. The number of aldehydes is 1. The molecule has 0 fully saturated rings. The molecule has 1 aromatic carbocycles. The predicted octanol–water partition coefficient (Wildman–Crippen LogP) is 1.31. The number of ether oxygens (including phenoxy) is 1. The number of Topliss-reactive ketones (excluding diaryl/α,β-unsaturated/α-hetero) is 1. The van der Waals surface area contributed by atoms with E-state index >= 15 is 0 Å². The topological polar surface area (TPSA) is 110 Å². The van der Waals surface area contributed by atoms with Gasteiger partial charge in [-0.15, -0.1) is 0 Å². The van der Waals surface area contributed by atoms with Gasteiger partial charge in [0.05, 0.1) is 6.61 Å². The lowest BCUT2D eigenvalue weighted by atomic mass is 9.96. The summed E-state index contributed by atoms with van der Waals surface area (Å²) < 4.78 is 4.76. The van der Waals surface area contributed by atoms with Crippen LogP contribution in [0.1, 0.15) is 35.7 Å². The molecule has 3 N–H and O–H groups in total. The highest BCUT2D eigenvalue weighted by atomic mass is 16.5. The highest BCUT2D eigenvalue weighted by molar-refractivity contribution is 5.99. The molecule has 0 aliphatic heterocycles. The van der Waals surface area contributed by atoms with E-state index in [4.69, 9.17) is 15.9 Å². The van der Waals surface area contributed by atoms with E-state index in [-0.39, 0.29) is 24.6 Å². The summed E-state index contributed by atoms with van der Waals surface area (Å²) in [6.07, 6.45) is 1.08. The molecule has 0 radical (unpaired) electrons. The van der Waals surface area contributed by atoms with Crippen molar-refractivity contribution in [1.82, 2.24) is 0 Å². The first kappa shape index (κ1) is 16.6. The van der Waals surface area contributed by atoms with Gasteiger partial charge in [-0.2, -0.15) is 0 Å². The monoisotopic (exact) mass is 290 g/mol. The van der Waals surface area contributed by atoms with E-state index < -0.39 is 11.9 Å². The van der Waals surface area contributed by atoms with Gasteiger partial charge >= 0.3 is 5.97 Å². The Kier molecular flexibility index (Phi) is 6.26. The van der Waals surface area contributed by atoms with Crippen LogP contribution in [0.2, 0.25) is 0 Å². The summed E-state index contributed by atoms with van der Waals surface area (Å²) in [5.41, 5.74) is 6.33.